The first-order valence-corrected chi connectivity index (χ1v) is 4.18. The molecule has 0 aromatic rings. The highest BCUT2D eigenvalue weighted by Crippen LogP contribution is 2.64. The summed E-state index contributed by atoms with van der Waals surface area (Å²) < 4.78 is -0.0556. The van der Waals surface area contributed by atoms with Crippen LogP contribution in [0.3, 0.4) is 0 Å². The number of carbonyl (C=O) groups is 1. The Bertz CT molecular complexity index is 106. The number of Topliss-reactive ketones (excluding diaryl/α,β-unsaturated/α-hetero) is 1. The van der Waals surface area contributed by atoms with Gasteiger partial charge >= 0.3 is 0 Å². The molecule has 0 saturated carbocycles. The molecule has 1 heterocycles. The van der Waals surface area contributed by atoms with E-state index < -0.39 is 0 Å². The van der Waals surface area contributed by atoms with E-state index in [1.54, 1.807) is 28.5 Å². The number of ketones is 1. The van der Waals surface area contributed by atoms with Crippen molar-refractivity contribution in [3.8, 4) is 0 Å². The zero-order valence-electron chi connectivity index (χ0n) is 4.22. The normalized spacial score (nSPS) is 24.3. The van der Waals surface area contributed by atoms with Crippen molar-refractivity contribution < 1.29 is 4.79 Å². The van der Waals surface area contributed by atoms with Gasteiger partial charge in [0, 0.05) is 0 Å². The molecule has 0 aromatic heterocycles. The van der Waals surface area contributed by atoms with Crippen molar-refractivity contribution >= 4 is 27.4 Å². The Morgan fingerprint density at radius 2 is 2.00 bits per heavy atom. The Morgan fingerprint density at radius 1 is 1.57 bits per heavy atom. The second-order valence-corrected chi connectivity index (χ2v) is 4.89. The maximum absolute atomic E-state index is 10.5. The van der Waals surface area contributed by atoms with Gasteiger partial charge in [-0.05, 0) is 13.8 Å². The summed E-state index contributed by atoms with van der Waals surface area (Å²) in [5.41, 5.74) is 0. The summed E-state index contributed by atoms with van der Waals surface area (Å²) in [6.07, 6.45) is 0. The van der Waals surface area contributed by atoms with Gasteiger partial charge in [0.2, 0.25) is 0 Å². The van der Waals surface area contributed by atoms with Crippen LogP contribution < -0.4 is 0 Å². The van der Waals surface area contributed by atoms with E-state index in [1.807, 2.05) is 6.92 Å². The van der Waals surface area contributed by atoms with Gasteiger partial charge in [-0.2, -0.15) is 0 Å². The lowest BCUT2D eigenvalue weighted by atomic mass is 10.3. The molecule has 0 radical (unpaired) electrons. The third-order valence-corrected chi connectivity index (χ3v) is 4.21. The van der Waals surface area contributed by atoms with Crippen molar-refractivity contribution in [2.45, 2.75) is 17.9 Å². The first kappa shape index (κ1) is 5.51. The molecule has 1 rings (SSSR count). The molecule has 3 heteroatoms. The maximum Gasteiger partial charge on any atom is 0.157 e. The molecule has 1 aliphatic heterocycles. The maximum atomic E-state index is 10.5. The molecule has 7 heavy (non-hydrogen) atoms. The van der Waals surface area contributed by atoms with Crippen LogP contribution in [0.5, 0.6) is 0 Å². The summed E-state index contributed by atoms with van der Waals surface area (Å²) in [6, 6.07) is 0. The van der Waals surface area contributed by atoms with Crippen LogP contribution in [0.15, 0.2) is 0 Å². The average Bonchev–Trinajstić information content (AvgIpc) is 2.21. The van der Waals surface area contributed by atoms with Crippen LogP contribution in [-0.2, 0) is 4.79 Å². The predicted octanol–water partition coefficient (Wildman–Crippen LogP) is 1.69. The molecule has 0 bridgehead atoms. The van der Waals surface area contributed by atoms with Gasteiger partial charge in [-0.3, -0.25) is 4.79 Å². The molecule has 1 saturated heterocycles. The van der Waals surface area contributed by atoms with Crippen molar-refractivity contribution in [1.29, 1.82) is 0 Å². The summed E-state index contributed by atoms with van der Waals surface area (Å²) in [5.74, 6) is 0.280. The summed E-state index contributed by atoms with van der Waals surface area (Å²) in [5, 5.41) is 0. The van der Waals surface area contributed by atoms with Crippen LogP contribution in [0.1, 0.15) is 13.8 Å². The van der Waals surface area contributed by atoms with Crippen molar-refractivity contribution in [2.24, 2.45) is 0 Å². The topological polar surface area (TPSA) is 17.1 Å². The Morgan fingerprint density at radius 3 is 2.00 bits per heavy atom. The fraction of sp³-hybridized carbons (Fsp3) is 0.750. The van der Waals surface area contributed by atoms with E-state index in [9.17, 15) is 4.79 Å². The van der Waals surface area contributed by atoms with E-state index in [0.717, 1.165) is 0 Å². The zero-order valence-corrected chi connectivity index (χ0v) is 5.86. The van der Waals surface area contributed by atoms with Crippen molar-refractivity contribution in [2.75, 3.05) is 0 Å². The lowest BCUT2D eigenvalue weighted by molar-refractivity contribution is -0.116. The predicted molar refractivity (Wildman–Crippen MR) is 34.3 cm³/mol. The van der Waals surface area contributed by atoms with Crippen LogP contribution in [0.4, 0.5) is 0 Å². The van der Waals surface area contributed by atoms with Crippen LogP contribution in [-0.4, -0.2) is 9.86 Å². The van der Waals surface area contributed by atoms with E-state index in [0.29, 0.717) is 0 Å². The van der Waals surface area contributed by atoms with Crippen molar-refractivity contribution in [1.82, 2.24) is 0 Å². The van der Waals surface area contributed by atoms with Gasteiger partial charge in [0.25, 0.3) is 0 Å². The van der Waals surface area contributed by atoms with E-state index in [1.165, 1.54) is 0 Å². The van der Waals surface area contributed by atoms with Gasteiger partial charge in [0.15, 0.2) is 5.78 Å². The second-order valence-electron chi connectivity index (χ2n) is 1.67. The van der Waals surface area contributed by atoms with E-state index in [2.05, 4.69) is 0 Å². The highest BCUT2D eigenvalue weighted by Gasteiger charge is 2.45. The molecule has 1 fully saturated rings. The highest BCUT2D eigenvalue weighted by molar-refractivity contribution is 8.94. The summed E-state index contributed by atoms with van der Waals surface area (Å²) in [7, 11) is 3.29. The number of hydrogen-bond donors (Lipinski definition) is 0. The quantitative estimate of drug-likeness (QED) is 0.401. The minimum atomic E-state index is -0.0556. The molecule has 0 atom stereocenters. The Kier molecular flexibility index (Phi) is 1.12. The standard InChI is InChI=1S/C4H6OS2/c1-3(5)4(2)6-7-4/h1-2H3. The lowest BCUT2D eigenvalue weighted by Gasteiger charge is -1.91. The number of hydrogen-bond acceptors (Lipinski definition) is 3. The third-order valence-electron chi connectivity index (χ3n) is 0.973. The minimum Gasteiger partial charge on any atom is -0.297 e. The van der Waals surface area contributed by atoms with Crippen LogP contribution in [0.25, 0.3) is 0 Å². The molecular formula is C4H6OS2. The van der Waals surface area contributed by atoms with Gasteiger partial charge in [-0.25, -0.2) is 0 Å². The first-order chi connectivity index (χ1) is 3.15. The van der Waals surface area contributed by atoms with Crippen LogP contribution in [0, 0.1) is 0 Å². The Labute approximate surface area is 50.6 Å². The third kappa shape index (κ3) is 0.941. The van der Waals surface area contributed by atoms with E-state index >= 15 is 0 Å². The largest absolute Gasteiger partial charge is 0.297 e. The van der Waals surface area contributed by atoms with Gasteiger partial charge < -0.3 is 0 Å². The molecule has 40 valence electrons. The minimum absolute atomic E-state index is 0.0556. The SMILES string of the molecule is CC(=O)C1(C)SS1. The van der Waals surface area contributed by atoms with Gasteiger partial charge in [-0.1, -0.05) is 21.6 Å². The van der Waals surface area contributed by atoms with E-state index in [4.69, 9.17) is 0 Å². The van der Waals surface area contributed by atoms with E-state index in [-0.39, 0.29) is 9.86 Å². The Hall–Kier alpha value is 0.370. The summed E-state index contributed by atoms with van der Waals surface area (Å²) >= 11 is 0. The molecule has 0 aliphatic carbocycles. The van der Waals surface area contributed by atoms with Crippen LogP contribution >= 0.6 is 21.6 Å². The Balaban J connectivity index is 2.55. The van der Waals surface area contributed by atoms with Gasteiger partial charge in [0.05, 0.1) is 0 Å². The summed E-state index contributed by atoms with van der Waals surface area (Å²) in [4.78, 5) is 10.5. The highest BCUT2D eigenvalue weighted by atomic mass is 33.2. The fourth-order valence-corrected chi connectivity index (χ4v) is 1.62. The molecule has 0 N–H and O–H groups in total. The molecule has 1 aliphatic rings. The van der Waals surface area contributed by atoms with Crippen LogP contribution in [0.2, 0.25) is 0 Å². The molecule has 1 nitrogen and oxygen atoms in total. The molecule has 0 amide bonds. The molecular weight excluding hydrogens is 128 g/mol. The van der Waals surface area contributed by atoms with Crippen molar-refractivity contribution in [3.05, 3.63) is 0 Å². The molecule has 0 aromatic carbocycles. The number of rotatable bonds is 1. The zero-order chi connectivity index (χ0) is 5.49. The lowest BCUT2D eigenvalue weighted by Crippen LogP contribution is -2.09. The number of carbonyl (C=O) groups excluding carboxylic acids is 1. The summed E-state index contributed by atoms with van der Waals surface area (Å²) in [6.45, 7) is 3.58. The first-order valence-electron chi connectivity index (χ1n) is 2.03. The smallest absolute Gasteiger partial charge is 0.157 e. The molecule has 0 unspecified atom stereocenters. The van der Waals surface area contributed by atoms with Gasteiger partial charge in [-0.15, -0.1) is 0 Å². The monoisotopic (exact) mass is 134 g/mol. The average molecular weight is 134 g/mol. The second kappa shape index (κ2) is 1.42. The van der Waals surface area contributed by atoms with Gasteiger partial charge in [0.1, 0.15) is 4.08 Å². The van der Waals surface area contributed by atoms with Crippen molar-refractivity contribution in [3.63, 3.8) is 0 Å². The fourth-order valence-electron chi connectivity index (χ4n) is 0.180. The molecule has 0 spiro atoms.